The van der Waals surface area contributed by atoms with Crippen molar-refractivity contribution >= 4 is 10.2 Å². The molecule has 1 N–H and O–H groups in total. The van der Waals surface area contributed by atoms with Gasteiger partial charge in [-0.1, -0.05) is 13.3 Å². The molecule has 21 heavy (non-hydrogen) atoms. The van der Waals surface area contributed by atoms with E-state index < -0.39 is 22.9 Å². The average Bonchev–Trinajstić information content (AvgIpc) is 2.37. The number of nitrogens with one attached hydrogen (secondary N) is 1. The fourth-order valence-electron chi connectivity index (χ4n) is 2.44. The van der Waals surface area contributed by atoms with Crippen LogP contribution in [0.3, 0.4) is 0 Å². The molecule has 0 aliphatic carbocycles. The highest BCUT2D eigenvalue weighted by Crippen LogP contribution is 2.24. The molecule has 1 rings (SSSR count). The van der Waals surface area contributed by atoms with Crippen LogP contribution >= 0.6 is 0 Å². The molecule has 0 radical (unpaired) electrons. The minimum absolute atomic E-state index is 0.272. The van der Waals surface area contributed by atoms with Crippen molar-refractivity contribution in [1.29, 1.82) is 0 Å². The quantitative estimate of drug-likeness (QED) is 0.721. The Morgan fingerprint density at radius 3 is 2.57 bits per heavy atom. The highest BCUT2D eigenvalue weighted by Gasteiger charge is 2.39. The summed E-state index contributed by atoms with van der Waals surface area (Å²) >= 11 is 0. The summed E-state index contributed by atoms with van der Waals surface area (Å²) in [7, 11) is -3.09. The van der Waals surface area contributed by atoms with E-state index in [2.05, 4.69) is 5.32 Å². The zero-order valence-corrected chi connectivity index (χ0v) is 13.3. The fourth-order valence-corrected chi connectivity index (χ4v) is 4.02. The van der Waals surface area contributed by atoms with E-state index in [0.717, 1.165) is 26.4 Å². The van der Waals surface area contributed by atoms with Gasteiger partial charge in [0.05, 0.1) is 0 Å². The van der Waals surface area contributed by atoms with Crippen LogP contribution in [0.4, 0.5) is 13.2 Å². The number of rotatable bonds is 7. The molecule has 1 atom stereocenters. The summed E-state index contributed by atoms with van der Waals surface area (Å²) in [6, 6.07) is -0.272. The van der Waals surface area contributed by atoms with Gasteiger partial charge in [-0.2, -0.15) is 30.2 Å². The molecule has 0 bridgehead atoms. The van der Waals surface area contributed by atoms with Crippen molar-refractivity contribution in [2.24, 2.45) is 0 Å². The molecule has 126 valence electrons. The van der Waals surface area contributed by atoms with Crippen LogP contribution in [0.1, 0.15) is 32.6 Å². The molecule has 1 fully saturated rings. The number of hydrogen-bond donors (Lipinski definition) is 1. The monoisotopic (exact) mass is 331 g/mol. The maximum Gasteiger partial charge on any atom is 0.402 e. The van der Waals surface area contributed by atoms with Crippen molar-refractivity contribution in [3.8, 4) is 0 Å². The van der Waals surface area contributed by atoms with Gasteiger partial charge in [0.1, 0.15) is 6.54 Å². The summed E-state index contributed by atoms with van der Waals surface area (Å²) < 4.78 is 63.5. The number of halogens is 3. The Morgan fingerprint density at radius 1 is 1.33 bits per heavy atom. The number of hydrogen-bond acceptors (Lipinski definition) is 3. The smallest absolute Gasteiger partial charge is 0.315 e. The van der Waals surface area contributed by atoms with Crippen LogP contribution in [-0.2, 0) is 10.2 Å². The second-order valence-corrected chi connectivity index (χ2v) is 7.33. The number of nitrogens with zero attached hydrogens (tertiary/aromatic N) is 2. The summed E-state index contributed by atoms with van der Waals surface area (Å²) in [5.74, 6) is 0. The van der Waals surface area contributed by atoms with Gasteiger partial charge in [0.2, 0.25) is 0 Å². The zero-order chi connectivity index (χ0) is 16.1. The normalized spacial score (nSPS) is 21.9. The van der Waals surface area contributed by atoms with Crippen LogP contribution < -0.4 is 5.32 Å². The topological polar surface area (TPSA) is 52.7 Å². The minimum Gasteiger partial charge on any atom is -0.315 e. The van der Waals surface area contributed by atoms with Crippen molar-refractivity contribution in [3.05, 3.63) is 0 Å². The second-order valence-electron chi connectivity index (χ2n) is 5.34. The van der Waals surface area contributed by atoms with Gasteiger partial charge in [-0.3, -0.25) is 0 Å². The Balaban J connectivity index is 2.76. The van der Waals surface area contributed by atoms with E-state index in [0.29, 0.717) is 23.7 Å². The van der Waals surface area contributed by atoms with E-state index in [1.54, 1.807) is 0 Å². The van der Waals surface area contributed by atoms with Crippen molar-refractivity contribution in [2.45, 2.75) is 44.8 Å². The minimum atomic E-state index is -4.53. The molecule has 1 aliphatic heterocycles. The molecule has 0 aromatic heterocycles. The summed E-state index contributed by atoms with van der Waals surface area (Å²) in [6.45, 7) is 2.07. The first kappa shape index (κ1) is 18.7. The molecule has 5 nitrogen and oxygen atoms in total. The lowest BCUT2D eigenvalue weighted by Crippen LogP contribution is -2.54. The molecule has 9 heteroatoms. The van der Waals surface area contributed by atoms with Gasteiger partial charge in [-0.25, -0.2) is 0 Å². The summed E-state index contributed by atoms with van der Waals surface area (Å²) in [4.78, 5) is 0. The Labute approximate surface area is 124 Å². The van der Waals surface area contributed by atoms with Crippen molar-refractivity contribution in [3.63, 3.8) is 0 Å². The molecular weight excluding hydrogens is 307 g/mol. The molecule has 0 amide bonds. The van der Waals surface area contributed by atoms with Crippen LogP contribution in [0.15, 0.2) is 0 Å². The van der Waals surface area contributed by atoms with E-state index in [9.17, 15) is 21.6 Å². The molecule has 0 aromatic rings. The lowest BCUT2D eigenvalue weighted by Gasteiger charge is -2.37. The molecule has 0 aromatic carbocycles. The average molecular weight is 331 g/mol. The lowest BCUT2D eigenvalue weighted by atomic mass is 10.1. The Kier molecular flexibility index (Phi) is 6.89. The van der Waals surface area contributed by atoms with Gasteiger partial charge in [-0.15, -0.1) is 0 Å². The SMILES string of the molecule is CCCNCC1CCCCN1S(=O)(=O)N(C)CC(F)(F)F. The Morgan fingerprint density at radius 2 is 2.00 bits per heavy atom. The van der Waals surface area contributed by atoms with E-state index in [-0.39, 0.29) is 12.6 Å². The molecule has 1 saturated heterocycles. The number of piperidine rings is 1. The van der Waals surface area contributed by atoms with E-state index in [1.807, 2.05) is 6.92 Å². The largest absolute Gasteiger partial charge is 0.402 e. The summed E-state index contributed by atoms with van der Waals surface area (Å²) in [5.41, 5.74) is 0. The second kappa shape index (κ2) is 7.75. The first-order valence-corrected chi connectivity index (χ1v) is 8.58. The zero-order valence-electron chi connectivity index (χ0n) is 12.5. The van der Waals surface area contributed by atoms with E-state index >= 15 is 0 Å². The highest BCUT2D eigenvalue weighted by molar-refractivity contribution is 7.86. The highest BCUT2D eigenvalue weighted by atomic mass is 32.2. The predicted octanol–water partition coefficient (Wildman–Crippen LogP) is 1.58. The van der Waals surface area contributed by atoms with Crippen LogP contribution in [0, 0.1) is 0 Å². The molecular formula is C12H24F3N3O2S. The Bertz CT molecular complexity index is 414. The van der Waals surface area contributed by atoms with Gasteiger partial charge in [-0.05, 0) is 25.8 Å². The molecule has 0 spiro atoms. The number of alkyl halides is 3. The standard InChI is InChI=1S/C12H24F3N3O2S/c1-3-7-16-9-11-6-4-5-8-18(11)21(19,20)17(2)10-12(13,14)15/h11,16H,3-10H2,1-2H3. The van der Waals surface area contributed by atoms with Crippen LogP contribution in [0.2, 0.25) is 0 Å². The van der Waals surface area contributed by atoms with E-state index in [1.165, 1.54) is 4.31 Å². The summed E-state index contributed by atoms with van der Waals surface area (Å²) in [5, 5.41) is 3.15. The molecule has 1 unspecified atom stereocenters. The third kappa shape index (κ3) is 5.72. The van der Waals surface area contributed by atoms with Crippen molar-refractivity contribution in [1.82, 2.24) is 13.9 Å². The van der Waals surface area contributed by atoms with Crippen LogP contribution in [0.25, 0.3) is 0 Å². The third-order valence-electron chi connectivity index (χ3n) is 3.47. The van der Waals surface area contributed by atoms with Crippen LogP contribution in [-0.4, -0.2) is 62.5 Å². The first-order chi connectivity index (χ1) is 9.68. The van der Waals surface area contributed by atoms with Crippen molar-refractivity contribution < 1.29 is 21.6 Å². The van der Waals surface area contributed by atoms with E-state index in [4.69, 9.17) is 0 Å². The molecule has 0 saturated carbocycles. The predicted molar refractivity (Wildman–Crippen MR) is 75.1 cm³/mol. The molecule has 1 heterocycles. The van der Waals surface area contributed by atoms with Gasteiger partial charge in [0, 0.05) is 26.2 Å². The van der Waals surface area contributed by atoms with Gasteiger partial charge < -0.3 is 5.32 Å². The maximum atomic E-state index is 12.4. The van der Waals surface area contributed by atoms with Gasteiger partial charge in [0.15, 0.2) is 0 Å². The summed E-state index contributed by atoms with van der Waals surface area (Å²) in [6.07, 6.45) is -1.35. The van der Waals surface area contributed by atoms with Crippen LogP contribution in [0.5, 0.6) is 0 Å². The fraction of sp³-hybridized carbons (Fsp3) is 1.00. The van der Waals surface area contributed by atoms with Crippen molar-refractivity contribution in [2.75, 3.05) is 33.2 Å². The maximum absolute atomic E-state index is 12.4. The van der Waals surface area contributed by atoms with Gasteiger partial charge in [0.25, 0.3) is 10.2 Å². The van der Waals surface area contributed by atoms with Gasteiger partial charge >= 0.3 is 6.18 Å². The molecule has 1 aliphatic rings. The Hall–Kier alpha value is -0.380. The first-order valence-electron chi connectivity index (χ1n) is 7.19. The lowest BCUT2D eigenvalue weighted by molar-refractivity contribution is -0.134. The third-order valence-corrected chi connectivity index (χ3v) is 5.46.